The molecule has 1 saturated heterocycles. The zero-order valence-corrected chi connectivity index (χ0v) is 13.2. The normalized spacial score (nSPS) is 16.3. The largest absolute Gasteiger partial charge is 0.475 e. The van der Waals surface area contributed by atoms with E-state index >= 15 is 0 Å². The molecule has 2 amide bonds. The molecule has 7 heteroatoms. The first-order chi connectivity index (χ1) is 10.7. The van der Waals surface area contributed by atoms with E-state index in [0.717, 1.165) is 25.9 Å². The van der Waals surface area contributed by atoms with Gasteiger partial charge in [0.2, 0.25) is 5.88 Å². The Morgan fingerprint density at radius 1 is 1.36 bits per heavy atom. The molecule has 0 atom stereocenters. The van der Waals surface area contributed by atoms with Crippen LogP contribution in [0.1, 0.15) is 12.8 Å². The fourth-order valence-electron chi connectivity index (χ4n) is 2.27. The predicted molar refractivity (Wildman–Crippen MR) is 84.3 cm³/mol. The molecule has 2 N–H and O–H groups in total. The lowest BCUT2D eigenvalue weighted by atomic mass is 10.1. The van der Waals surface area contributed by atoms with Crippen molar-refractivity contribution >= 4 is 11.7 Å². The highest BCUT2D eigenvalue weighted by atomic mass is 16.5. The van der Waals surface area contributed by atoms with E-state index in [0.29, 0.717) is 24.8 Å². The fraction of sp³-hybridized carbons (Fsp3) is 0.600. The van der Waals surface area contributed by atoms with Crippen molar-refractivity contribution < 1.29 is 14.3 Å². The van der Waals surface area contributed by atoms with Gasteiger partial charge in [-0.2, -0.15) is 0 Å². The Labute approximate surface area is 131 Å². The van der Waals surface area contributed by atoms with Gasteiger partial charge >= 0.3 is 6.03 Å². The van der Waals surface area contributed by atoms with Crippen LogP contribution < -0.4 is 15.4 Å². The van der Waals surface area contributed by atoms with E-state index in [1.54, 1.807) is 25.4 Å². The van der Waals surface area contributed by atoms with Crippen LogP contribution in [0.2, 0.25) is 0 Å². The minimum absolute atomic E-state index is 0.190. The van der Waals surface area contributed by atoms with E-state index in [1.165, 1.54) is 0 Å². The lowest BCUT2D eigenvalue weighted by Gasteiger charge is -2.29. The molecule has 1 aromatic heterocycles. The summed E-state index contributed by atoms with van der Waals surface area (Å²) in [5, 5.41) is 5.78. The number of hydrogen-bond donors (Lipinski definition) is 2. The van der Waals surface area contributed by atoms with Gasteiger partial charge in [0.1, 0.15) is 6.61 Å². The number of nitrogens with zero attached hydrogens (tertiary/aromatic N) is 2. The highest BCUT2D eigenvalue weighted by Gasteiger charge is 2.18. The molecule has 122 valence electrons. The number of carbonyl (C=O) groups excluding carboxylic acids is 1. The van der Waals surface area contributed by atoms with Gasteiger partial charge in [0.25, 0.3) is 0 Å². The van der Waals surface area contributed by atoms with Crippen LogP contribution in [-0.4, -0.2) is 62.4 Å². The highest BCUT2D eigenvalue weighted by molar-refractivity contribution is 5.89. The Bertz CT molecular complexity index is 458. The summed E-state index contributed by atoms with van der Waals surface area (Å²) in [6.07, 6.45) is 3.54. The fourth-order valence-corrected chi connectivity index (χ4v) is 2.27. The van der Waals surface area contributed by atoms with Crippen LogP contribution in [0.4, 0.5) is 10.5 Å². The average Bonchev–Trinajstić information content (AvgIpc) is 2.51. The molecule has 0 saturated carbocycles. The number of pyridine rings is 1. The molecule has 0 radical (unpaired) electrons. The number of rotatable bonds is 6. The second kappa shape index (κ2) is 8.55. The van der Waals surface area contributed by atoms with Crippen molar-refractivity contribution in [2.45, 2.75) is 18.9 Å². The zero-order valence-electron chi connectivity index (χ0n) is 13.2. The maximum absolute atomic E-state index is 11.9. The molecular formula is C15H24N4O3. The minimum Gasteiger partial charge on any atom is -0.475 e. The SMILES string of the molecule is COCCOc1ccc(NC(=O)NC2CCN(C)CC2)cn1. The summed E-state index contributed by atoms with van der Waals surface area (Å²) < 4.78 is 10.3. The van der Waals surface area contributed by atoms with Crippen LogP contribution in [0.3, 0.4) is 0 Å². The summed E-state index contributed by atoms with van der Waals surface area (Å²) >= 11 is 0. The molecule has 2 rings (SSSR count). The Morgan fingerprint density at radius 3 is 2.77 bits per heavy atom. The number of nitrogens with one attached hydrogen (secondary N) is 2. The van der Waals surface area contributed by atoms with Gasteiger partial charge in [-0.05, 0) is 39.0 Å². The summed E-state index contributed by atoms with van der Waals surface area (Å²) in [4.78, 5) is 18.3. The number of piperidine rings is 1. The van der Waals surface area contributed by atoms with Crippen molar-refractivity contribution in [3.05, 3.63) is 18.3 Å². The molecule has 1 aliphatic rings. The average molecular weight is 308 g/mol. The van der Waals surface area contributed by atoms with Gasteiger partial charge in [-0.1, -0.05) is 0 Å². The van der Waals surface area contributed by atoms with Gasteiger partial charge in [0.05, 0.1) is 18.5 Å². The second-order valence-electron chi connectivity index (χ2n) is 5.40. The van der Waals surface area contributed by atoms with Crippen LogP contribution >= 0.6 is 0 Å². The number of anilines is 1. The van der Waals surface area contributed by atoms with E-state index in [-0.39, 0.29) is 12.1 Å². The standard InChI is InChI=1S/C15H24N4O3/c1-19-7-5-12(6-8-19)17-15(20)18-13-3-4-14(16-11-13)22-10-9-21-2/h3-4,11-12H,5-10H2,1-2H3,(H2,17,18,20). The number of ether oxygens (including phenoxy) is 2. The summed E-state index contributed by atoms with van der Waals surface area (Å²) in [6.45, 7) is 2.99. The van der Waals surface area contributed by atoms with Crippen molar-refractivity contribution in [1.82, 2.24) is 15.2 Å². The molecule has 0 unspecified atom stereocenters. The Morgan fingerprint density at radius 2 is 2.14 bits per heavy atom. The number of methoxy groups -OCH3 is 1. The van der Waals surface area contributed by atoms with Gasteiger partial charge in [0, 0.05) is 19.2 Å². The summed E-state index contributed by atoms with van der Waals surface area (Å²) in [5.74, 6) is 0.512. The number of urea groups is 1. The lowest BCUT2D eigenvalue weighted by molar-refractivity contribution is 0.144. The van der Waals surface area contributed by atoms with E-state index in [2.05, 4.69) is 27.6 Å². The highest BCUT2D eigenvalue weighted by Crippen LogP contribution is 2.12. The van der Waals surface area contributed by atoms with Crippen molar-refractivity contribution in [2.24, 2.45) is 0 Å². The van der Waals surface area contributed by atoms with E-state index in [1.807, 2.05) is 0 Å². The van der Waals surface area contributed by atoms with Gasteiger partial charge in [-0.15, -0.1) is 0 Å². The van der Waals surface area contributed by atoms with E-state index in [4.69, 9.17) is 9.47 Å². The smallest absolute Gasteiger partial charge is 0.319 e. The monoisotopic (exact) mass is 308 g/mol. The number of hydrogen-bond acceptors (Lipinski definition) is 5. The summed E-state index contributed by atoms with van der Waals surface area (Å²) in [7, 11) is 3.71. The third-order valence-electron chi connectivity index (χ3n) is 3.59. The summed E-state index contributed by atoms with van der Waals surface area (Å²) in [6, 6.07) is 3.54. The maximum atomic E-state index is 11.9. The van der Waals surface area contributed by atoms with Crippen LogP contribution in [0, 0.1) is 0 Å². The molecule has 0 bridgehead atoms. The Kier molecular flexibility index (Phi) is 6.42. The third kappa shape index (κ3) is 5.50. The molecule has 0 aromatic carbocycles. The molecule has 0 spiro atoms. The molecular weight excluding hydrogens is 284 g/mol. The molecule has 1 fully saturated rings. The van der Waals surface area contributed by atoms with Crippen LogP contribution in [0.5, 0.6) is 5.88 Å². The van der Waals surface area contributed by atoms with Gasteiger partial charge in [-0.3, -0.25) is 0 Å². The van der Waals surface area contributed by atoms with Gasteiger partial charge < -0.3 is 25.0 Å². The molecule has 1 aromatic rings. The second-order valence-corrected chi connectivity index (χ2v) is 5.40. The van der Waals surface area contributed by atoms with E-state index in [9.17, 15) is 4.79 Å². The molecule has 7 nitrogen and oxygen atoms in total. The van der Waals surface area contributed by atoms with Crippen molar-refractivity contribution in [3.63, 3.8) is 0 Å². The van der Waals surface area contributed by atoms with Crippen molar-refractivity contribution in [2.75, 3.05) is 45.8 Å². The maximum Gasteiger partial charge on any atom is 0.319 e. The topological polar surface area (TPSA) is 75.7 Å². The first kappa shape index (κ1) is 16.5. The van der Waals surface area contributed by atoms with Crippen molar-refractivity contribution in [1.29, 1.82) is 0 Å². The van der Waals surface area contributed by atoms with E-state index < -0.39 is 0 Å². The van der Waals surface area contributed by atoms with Crippen molar-refractivity contribution in [3.8, 4) is 5.88 Å². The summed E-state index contributed by atoms with van der Waals surface area (Å²) in [5.41, 5.74) is 0.643. The number of amides is 2. The molecule has 0 aliphatic carbocycles. The first-order valence-corrected chi connectivity index (χ1v) is 7.51. The zero-order chi connectivity index (χ0) is 15.8. The molecule has 22 heavy (non-hydrogen) atoms. The Balaban J connectivity index is 1.74. The first-order valence-electron chi connectivity index (χ1n) is 7.51. The minimum atomic E-state index is -0.190. The van der Waals surface area contributed by atoms with Crippen LogP contribution in [0.25, 0.3) is 0 Å². The number of aromatic nitrogens is 1. The third-order valence-corrected chi connectivity index (χ3v) is 3.59. The van der Waals surface area contributed by atoms with Crippen LogP contribution in [0.15, 0.2) is 18.3 Å². The van der Waals surface area contributed by atoms with Gasteiger partial charge in [-0.25, -0.2) is 9.78 Å². The Hall–Kier alpha value is -1.86. The lowest BCUT2D eigenvalue weighted by Crippen LogP contribution is -2.44. The quantitative estimate of drug-likeness (QED) is 0.775. The number of likely N-dealkylation sites (tertiary alicyclic amines) is 1. The molecule has 1 aliphatic heterocycles. The van der Waals surface area contributed by atoms with Crippen LogP contribution in [-0.2, 0) is 4.74 Å². The molecule has 2 heterocycles. The predicted octanol–water partition coefficient (Wildman–Crippen LogP) is 1.32. The number of carbonyl (C=O) groups is 1. The van der Waals surface area contributed by atoms with Gasteiger partial charge in [0.15, 0.2) is 0 Å².